The van der Waals surface area contributed by atoms with Gasteiger partial charge in [0.2, 0.25) is 0 Å². The van der Waals surface area contributed by atoms with E-state index in [-0.39, 0.29) is 17.6 Å². The zero-order chi connectivity index (χ0) is 15.0. The molecule has 5 heteroatoms. The normalized spacial score (nSPS) is 11.7. The van der Waals surface area contributed by atoms with Crippen molar-refractivity contribution in [2.24, 2.45) is 0 Å². The molecule has 110 valence electrons. The van der Waals surface area contributed by atoms with E-state index in [1.807, 2.05) is 6.92 Å². The summed E-state index contributed by atoms with van der Waals surface area (Å²) in [5.41, 5.74) is 0.388. The molecule has 20 heavy (non-hydrogen) atoms. The molecule has 0 saturated heterocycles. The molecule has 0 bridgehead atoms. The molecule has 0 aliphatic heterocycles. The number of rotatable bonds is 7. The average Bonchev–Trinajstić information content (AvgIpc) is 2.39. The Morgan fingerprint density at radius 1 is 1.25 bits per heavy atom. The number of carboxylic acid groups (broad SMARTS) is 1. The highest BCUT2D eigenvalue weighted by Gasteiger charge is 2.12. The van der Waals surface area contributed by atoms with Gasteiger partial charge in [0.1, 0.15) is 0 Å². The first-order valence-corrected chi connectivity index (χ1v) is 6.94. The number of hydrogen-bond acceptors (Lipinski definition) is 2. The van der Waals surface area contributed by atoms with Gasteiger partial charge in [0.15, 0.2) is 0 Å². The molecule has 0 aliphatic carbocycles. The quantitative estimate of drug-likeness (QED) is 0.668. The molecule has 0 fully saturated rings. The van der Waals surface area contributed by atoms with E-state index < -0.39 is 5.97 Å². The van der Waals surface area contributed by atoms with E-state index in [0.29, 0.717) is 5.69 Å². The lowest BCUT2D eigenvalue weighted by molar-refractivity contribution is 0.0698. The second-order valence-electron chi connectivity index (χ2n) is 4.85. The lowest BCUT2D eigenvalue weighted by atomic mass is 10.1. The van der Waals surface area contributed by atoms with Crippen molar-refractivity contribution in [3.63, 3.8) is 0 Å². The molecule has 1 aromatic carbocycles. The molecule has 0 heterocycles. The standard InChI is InChI=1S/C15H22N2O3/c1-3-4-5-8-11(2)16-15(20)17-13-10-7-6-9-12(13)14(18)19/h6-7,9-11H,3-5,8H2,1-2H3,(H,18,19)(H2,16,17,20). The van der Waals surface area contributed by atoms with Gasteiger partial charge in [-0.15, -0.1) is 0 Å². The van der Waals surface area contributed by atoms with Crippen LogP contribution in [0.4, 0.5) is 10.5 Å². The molecule has 0 spiro atoms. The minimum Gasteiger partial charge on any atom is -0.478 e. The van der Waals surface area contributed by atoms with Gasteiger partial charge >= 0.3 is 12.0 Å². The third-order valence-corrected chi connectivity index (χ3v) is 3.02. The van der Waals surface area contributed by atoms with Crippen LogP contribution in [0.3, 0.4) is 0 Å². The van der Waals surface area contributed by atoms with Gasteiger partial charge in [-0.2, -0.15) is 0 Å². The van der Waals surface area contributed by atoms with E-state index in [1.54, 1.807) is 18.2 Å². The summed E-state index contributed by atoms with van der Waals surface area (Å²) in [7, 11) is 0. The largest absolute Gasteiger partial charge is 0.478 e. The second-order valence-corrected chi connectivity index (χ2v) is 4.85. The maximum atomic E-state index is 11.8. The Morgan fingerprint density at radius 3 is 2.60 bits per heavy atom. The summed E-state index contributed by atoms with van der Waals surface area (Å²) in [6.07, 6.45) is 4.28. The highest BCUT2D eigenvalue weighted by molar-refractivity contribution is 5.99. The zero-order valence-electron chi connectivity index (χ0n) is 12.0. The molecule has 1 aromatic rings. The van der Waals surface area contributed by atoms with Crippen molar-refractivity contribution < 1.29 is 14.7 Å². The van der Waals surface area contributed by atoms with Crippen molar-refractivity contribution in [1.29, 1.82) is 0 Å². The number of carboxylic acids is 1. The molecule has 5 nitrogen and oxygen atoms in total. The van der Waals surface area contributed by atoms with Crippen LogP contribution in [-0.2, 0) is 0 Å². The summed E-state index contributed by atoms with van der Waals surface area (Å²) in [5.74, 6) is -1.06. The number of unbranched alkanes of at least 4 members (excludes halogenated alkanes) is 2. The fourth-order valence-electron chi connectivity index (χ4n) is 1.93. The Labute approximate surface area is 119 Å². The lowest BCUT2D eigenvalue weighted by Gasteiger charge is -2.15. The third kappa shape index (κ3) is 5.30. The van der Waals surface area contributed by atoms with Gasteiger partial charge in [-0.05, 0) is 25.5 Å². The number of hydrogen-bond donors (Lipinski definition) is 3. The first-order chi connectivity index (χ1) is 9.54. The van der Waals surface area contributed by atoms with Gasteiger partial charge in [0, 0.05) is 6.04 Å². The van der Waals surface area contributed by atoms with Crippen molar-refractivity contribution in [3.8, 4) is 0 Å². The van der Waals surface area contributed by atoms with E-state index in [2.05, 4.69) is 17.6 Å². The van der Waals surface area contributed by atoms with E-state index >= 15 is 0 Å². The van der Waals surface area contributed by atoms with Crippen LogP contribution in [0.25, 0.3) is 0 Å². The predicted molar refractivity (Wildman–Crippen MR) is 79.2 cm³/mol. The highest BCUT2D eigenvalue weighted by atomic mass is 16.4. The Hall–Kier alpha value is -2.04. The molecule has 0 radical (unpaired) electrons. The first-order valence-electron chi connectivity index (χ1n) is 6.94. The number of carbonyl (C=O) groups excluding carboxylic acids is 1. The van der Waals surface area contributed by atoms with Crippen LogP contribution in [0.2, 0.25) is 0 Å². The molecule has 2 amide bonds. The Balaban J connectivity index is 2.52. The van der Waals surface area contributed by atoms with Crippen LogP contribution in [0, 0.1) is 0 Å². The summed E-state index contributed by atoms with van der Waals surface area (Å²) in [6, 6.07) is 6.04. The Bertz CT molecular complexity index is 460. The van der Waals surface area contributed by atoms with Crippen LogP contribution in [-0.4, -0.2) is 23.1 Å². The van der Waals surface area contributed by atoms with Crippen LogP contribution in [0.5, 0.6) is 0 Å². The summed E-state index contributed by atoms with van der Waals surface area (Å²) >= 11 is 0. The number of benzene rings is 1. The topological polar surface area (TPSA) is 78.4 Å². The van der Waals surface area contributed by atoms with Crippen molar-refractivity contribution in [3.05, 3.63) is 29.8 Å². The van der Waals surface area contributed by atoms with Crippen molar-refractivity contribution in [2.45, 2.75) is 45.6 Å². The molecule has 0 saturated carbocycles. The zero-order valence-corrected chi connectivity index (χ0v) is 12.0. The van der Waals surface area contributed by atoms with Gasteiger partial charge in [-0.1, -0.05) is 38.3 Å². The molecular formula is C15H22N2O3. The van der Waals surface area contributed by atoms with Crippen molar-refractivity contribution >= 4 is 17.7 Å². The minimum atomic E-state index is -1.06. The average molecular weight is 278 g/mol. The molecule has 0 aliphatic rings. The van der Waals surface area contributed by atoms with Crippen molar-refractivity contribution in [1.82, 2.24) is 5.32 Å². The van der Waals surface area contributed by atoms with Gasteiger partial charge in [-0.25, -0.2) is 9.59 Å². The number of nitrogens with one attached hydrogen (secondary N) is 2. The number of amides is 2. The summed E-state index contributed by atoms with van der Waals surface area (Å²) in [4.78, 5) is 22.8. The van der Waals surface area contributed by atoms with Crippen LogP contribution in [0.15, 0.2) is 24.3 Å². The van der Waals surface area contributed by atoms with Crippen LogP contribution >= 0.6 is 0 Å². The van der Waals surface area contributed by atoms with Gasteiger partial charge < -0.3 is 15.7 Å². The van der Waals surface area contributed by atoms with Gasteiger partial charge in [-0.3, -0.25) is 0 Å². The molecule has 0 aromatic heterocycles. The molecule has 1 unspecified atom stereocenters. The van der Waals surface area contributed by atoms with E-state index in [1.165, 1.54) is 6.07 Å². The summed E-state index contributed by atoms with van der Waals surface area (Å²) in [5, 5.41) is 14.4. The number of anilines is 1. The molecule has 1 rings (SSSR count). The Kier molecular flexibility index (Phi) is 6.56. The van der Waals surface area contributed by atoms with Crippen molar-refractivity contribution in [2.75, 3.05) is 5.32 Å². The lowest BCUT2D eigenvalue weighted by Crippen LogP contribution is -2.36. The fraction of sp³-hybridized carbons (Fsp3) is 0.467. The minimum absolute atomic E-state index is 0.0681. The van der Waals surface area contributed by atoms with Gasteiger partial charge in [0.05, 0.1) is 11.3 Å². The molecular weight excluding hydrogens is 256 g/mol. The Morgan fingerprint density at radius 2 is 1.95 bits per heavy atom. The number of para-hydroxylation sites is 1. The van der Waals surface area contributed by atoms with Crippen LogP contribution in [0.1, 0.15) is 49.9 Å². The predicted octanol–water partition coefficient (Wildman–Crippen LogP) is 3.48. The third-order valence-electron chi connectivity index (χ3n) is 3.02. The number of aromatic carboxylic acids is 1. The number of urea groups is 1. The summed E-state index contributed by atoms with van der Waals surface area (Å²) in [6.45, 7) is 4.08. The van der Waals surface area contributed by atoms with E-state index in [4.69, 9.17) is 5.11 Å². The monoisotopic (exact) mass is 278 g/mol. The maximum absolute atomic E-state index is 11.8. The fourth-order valence-corrected chi connectivity index (χ4v) is 1.93. The van der Waals surface area contributed by atoms with Gasteiger partial charge in [0.25, 0.3) is 0 Å². The van der Waals surface area contributed by atoms with E-state index in [0.717, 1.165) is 25.7 Å². The first kappa shape index (κ1) is 16.0. The molecule has 3 N–H and O–H groups in total. The van der Waals surface area contributed by atoms with Crippen LogP contribution < -0.4 is 10.6 Å². The highest BCUT2D eigenvalue weighted by Crippen LogP contribution is 2.14. The molecule has 1 atom stereocenters. The smallest absolute Gasteiger partial charge is 0.337 e. The maximum Gasteiger partial charge on any atom is 0.337 e. The SMILES string of the molecule is CCCCCC(C)NC(=O)Nc1ccccc1C(=O)O. The number of carbonyl (C=O) groups is 2. The van der Waals surface area contributed by atoms with E-state index in [9.17, 15) is 9.59 Å². The summed E-state index contributed by atoms with van der Waals surface area (Å²) < 4.78 is 0. The second kappa shape index (κ2) is 8.19.